The molecule has 0 bridgehead atoms. The second-order valence-electron chi connectivity index (χ2n) is 7.95. The molecule has 1 aliphatic rings. The van der Waals surface area contributed by atoms with Gasteiger partial charge in [0.25, 0.3) is 5.56 Å². The highest BCUT2D eigenvalue weighted by Crippen LogP contribution is 2.37. The maximum absolute atomic E-state index is 13.6. The molecule has 0 saturated heterocycles. The highest BCUT2D eigenvalue weighted by molar-refractivity contribution is 7.07. The molecular formula is C25H24ClN3O4S. The zero-order chi connectivity index (χ0) is 24.6. The van der Waals surface area contributed by atoms with E-state index in [0.717, 1.165) is 11.3 Å². The molecule has 0 unspecified atom stereocenters. The fraction of sp³-hybridized carbons (Fsp3) is 0.240. The third kappa shape index (κ3) is 4.26. The Labute approximate surface area is 205 Å². The van der Waals surface area contributed by atoms with Crippen molar-refractivity contribution < 1.29 is 14.3 Å². The first-order valence-corrected chi connectivity index (χ1v) is 11.7. The van der Waals surface area contributed by atoms with Crippen LogP contribution in [0.25, 0.3) is 6.08 Å². The van der Waals surface area contributed by atoms with Crippen LogP contribution in [0.5, 0.6) is 5.75 Å². The van der Waals surface area contributed by atoms with Crippen LogP contribution >= 0.6 is 22.9 Å². The van der Waals surface area contributed by atoms with E-state index in [1.165, 1.54) is 30.1 Å². The number of carbonyl (C=O) groups is 1. The summed E-state index contributed by atoms with van der Waals surface area (Å²) in [5.41, 5.74) is 3.00. The molecule has 0 spiro atoms. The van der Waals surface area contributed by atoms with Crippen LogP contribution in [-0.2, 0) is 9.53 Å². The lowest BCUT2D eigenvalue weighted by molar-refractivity contribution is -0.136. The van der Waals surface area contributed by atoms with Crippen molar-refractivity contribution in [2.75, 3.05) is 33.2 Å². The minimum absolute atomic E-state index is 0.261. The predicted molar refractivity (Wildman–Crippen MR) is 135 cm³/mol. The van der Waals surface area contributed by atoms with Crippen LogP contribution in [0.3, 0.4) is 0 Å². The average molecular weight is 498 g/mol. The molecule has 0 fully saturated rings. The summed E-state index contributed by atoms with van der Waals surface area (Å²) in [6, 6.07) is 12.2. The van der Waals surface area contributed by atoms with Gasteiger partial charge in [0.2, 0.25) is 0 Å². The van der Waals surface area contributed by atoms with Gasteiger partial charge in [0.15, 0.2) is 4.80 Å². The van der Waals surface area contributed by atoms with E-state index in [4.69, 9.17) is 21.1 Å². The normalized spacial score (nSPS) is 15.6. The maximum atomic E-state index is 13.6. The number of benzene rings is 2. The molecule has 176 valence electrons. The number of hydrogen-bond acceptors (Lipinski definition) is 7. The predicted octanol–water partition coefficient (Wildman–Crippen LogP) is 3.14. The first kappa shape index (κ1) is 23.8. The lowest BCUT2D eigenvalue weighted by atomic mass is 9.95. The van der Waals surface area contributed by atoms with Crippen molar-refractivity contribution in [1.29, 1.82) is 0 Å². The average Bonchev–Trinajstić information content (AvgIpc) is 3.12. The minimum Gasteiger partial charge on any atom is -0.496 e. The van der Waals surface area contributed by atoms with Gasteiger partial charge in [-0.1, -0.05) is 35.1 Å². The van der Waals surface area contributed by atoms with Gasteiger partial charge in [0.1, 0.15) is 11.8 Å². The molecule has 0 saturated carbocycles. The third-order valence-electron chi connectivity index (χ3n) is 5.62. The molecule has 2 heterocycles. The Morgan fingerprint density at radius 1 is 1.18 bits per heavy atom. The van der Waals surface area contributed by atoms with Gasteiger partial charge >= 0.3 is 5.97 Å². The van der Waals surface area contributed by atoms with E-state index in [1.807, 2.05) is 49.3 Å². The van der Waals surface area contributed by atoms with E-state index < -0.39 is 12.0 Å². The number of halogens is 1. The van der Waals surface area contributed by atoms with Gasteiger partial charge in [-0.15, -0.1) is 0 Å². The molecule has 2 aromatic carbocycles. The molecule has 0 radical (unpaired) electrons. The number of allylic oxidation sites excluding steroid dienone is 1. The molecule has 0 N–H and O–H groups in total. The quantitative estimate of drug-likeness (QED) is 0.506. The van der Waals surface area contributed by atoms with Crippen molar-refractivity contribution in [3.05, 3.63) is 89.6 Å². The maximum Gasteiger partial charge on any atom is 0.338 e. The molecule has 9 heteroatoms. The number of thiazole rings is 1. The Morgan fingerprint density at radius 2 is 1.88 bits per heavy atom. The number of methoxy groups -OCH3 is 2. The molecule has 34 heavy (non-hydrogen) atoms. The van der Waals surface area contributed by atoms with Crippen LogP contribution < -0.4 is 24.5 Å². The van der Waals surface area contributed by atoms with Crippen LogP contribution in [0.2, 0.25) is 5.02 Å². The van der Waals surface area contributed by atoms with E-state index in [1.54, 1.807) is 25.1 Å². The largest absolute Gasteiger partial charge is 0.496 e. The van der Waals surface area contributed by atoms with E-state index in [-0.39, 0.29) is 11.1 Å². The van der Waals surface area contributed by atoms with Gasteiger partial charge in [0.05, 0.1) is 30.0 Å². The van der Waals surface area contributed by atoms with Crippen molar-refractivity contribution in [3.63, 3.8) is 0 Å². The van der Waals surface area contributed by atoms with Gasteiger partial charge in [0, 0.05) is 30.4 Å². The number of aromatic nitrogens is 1. The molecule has 0 aliphatic carbocycles. The summed E-state index contributed by atoms with van der Waals surface area (Å²) in [6.07, 6.45) is 1.83. The fourth-order valence-electron chi connectivity index (χ4n) is 3.93. The summed E-state index contributed by atoms with van der Waals surface area (Å²) in [6.45, 7) is 1.73. The summed E-state index contributed by atoms with van der Waals surface area (Å²) < 4.78 is 12.6. The third-order valence-corrected chi connectivity index (χ3v) is 6.84. The number of fused-ring (bicyclic) bond motifs is 1. The lowest BCUT2D eigenvalue weighted by Gasteiger charge is -2.25. The van der Waals surface area contributed by atoms with E-state index in [2.05, 4.69) is 4.99 Å². The van der Waals surface area contributed by atoms with E-state index >= 15 is 0 Å². The van der Waals surface area contributed by atoms with Crippen molar-refractivity contribution in [2.24, 2.45) is 4.99 Å². The van der Waals surface area contributed by atoms with Crippen molar-refractivity contribution in [2.45, 2.75) is 13.0 Å². The molecule has 7 nitrogen and oxygen atoms in total. The van der Waals surface area contributed by atoms with Crippen molar-refractivity contribution in [1.82, 2.24) is 4.57 Å². The fourth-order valence-corrected chi connectivity index (χ4v) is 5.15. The van der Waals surface area contributed by atoms with Crippen LogP contribution in [0, 0.1) is 0 Å². The van der Waals surface area contributed by atoms with Gasteiger partial charge in [-0.3, -0.25) is 9.36 Å². The second-order valence-corrected chi connectivity index (χ2v) is 9.39. The number of esters is 1. The van der Waals surface area contributed by atoms with Crippen molar-refractivity contribution >= 4 is 40.7 Å². The van der Waals surface area contributed by atoms with Crippen LogP contribution in [0.1, 0.15) is 24.1 Å². The van der Waals surface area contributed by atoms with Crippen molar-refractivity contribution in [3.8, 4) is 5.75 Å². The Bertz CT molecular complexity index is 1470. The van der Waals surface area contributed by atoms with Crippen LogP contribution in [0.4, 0.5) is 5.69 Å². The first-order chi connectivity index (χ1) is 16.2. The Balaban J connectivity index is 1.96. The topological polar surface area (TPSA) is 73.1 Å². The Kier molecular flexibility index (Phi) is 6.63. The highest BCUT2D eigenvalue weighted by Gasteiger charge is 2.35. The molecule has 4 rings (SSSR count). The summed E-state index contributed by atoms with van der Waals surface area (Å²) in [5, 5.41) is 0.456. The van der Waals surface area contributed by atoms with Crippen LogP contribution in [0.15, 0.2) is 63.5 Å². The Hall–Kier alpha value is -3.36. The minimum atomic E-state index is -0.796. The number of hydrogen-bond donors (Lipinski definition) is 0. The zero-order valence-electron chi connectivity index (χ0n) is 19.5. The summed E-state index contributed by atoms with van der Waals surface area (Å²) in [7, 11) is 6.77. The number of ether oxygens (including phenoxy) is 2. The first-order valence-electron chi connectivity index (χ1n) is 10.5. The van der Waals surface area contributed by atoms with E-state index in [9.17, 15) is 9.59 Å². The molecular weight excluding hydrogens is 474 g/mol. The monoisotopic (exact) mass is 497 g/mol. The lowest BCUT2D eigenvalue weighted by Crippen LogP contribution is -2.40. The van der Waals surface area contributed by atoms with Gasteiger partial charge in [-0.05, 0) is 48.9 Å². The zero-order valence-corrected chi connectivity index (χ0v) is 21.0. The summed E-state index contributed by atoms with van der Waals surface area (Å²) in [4.78, 5) is 33.5. The second kappa shape index (κ2) is 9.48. The Morgan fingerprint density at radius 3 is 2.50 bits per heavy atom. The van der Waals surface area contributed by atoms with E-state index in [0.29, 0.717) is 31.4 Å². The number of carbonyl (C=O) groups excluding carboxylic acids is 1. The summed E-state index contributed by atoms with van der Waals surface area (Å²) >= 11 is 7.57. The summed E-state index contributed by atoms with van der Waals surface area (Å²) in [5.74, 6) is -0.0683. The number of rotatable bonds is 5. The van der Waals surface area contributed by atoms with Crippen LogP contribution in [-0.4, -0.2) is 38.9 Å². The number of nitrogens with zero attached hydrogens (tertiary/aromatic N) is 3. The molecule has 0 amide bonds. The molecule has 1 atom stereocenters. The molecule has 1 aliphatic heterocycles. The number of anilines is 1. The molecule has 1 aromatic heterocycles. The smallest absolute Gasteiger partial charge is 0.338 e. The molecule has 3 aromatic rings. The van der Waals surface area contributed by atoms with Gasteiger partial charge in [-0.2, -0.15) is 0 Å². The van der Waals surface area contributed by atoms with Gasteiger partial charge in [-0.25, -0.2) is 9.79 Å². The SMILES string of the molecule is COC(=O)C1=C(C)N=c2s/c(=C\c3ccc(N(C)C)cc3)c(=O)n2[C@H]1c1cc(Cl)ccc1OC. The highest BCUT2D eigenvalue weighted by atomic mass is 35.5. The standard InChI is InChI=1S/C25H24ClN3O4S/c1-14-21(24(31)33-5)22(18-13-16(26)8-11-19(18)32-4)29-23(30)20(34-25(29)27-14)12-15-6-9-17(10-7-15)28(2)3/h6-13,22H,1-5H3/b20-12-/t22-/m0/s1. The van der Waals surface area contributed by atoms with Gasteiger partial charge < -0.3 is 14.4 Å².